The maximum Gasteiger partial charge on any atom is 0.138 e. The van der Waals surface area contributed by atoms with Gasteiger partial charge in [-0.25, -0.2) is 4.98 Å². The van der Waals surface area contributed by atoms with E-state index in [1.165, 1.54) is 36.4 Å². The summed E-state index contributed by atoms with van der Waals surface area (Å²) in [7, 11) is 0. The molecule has 4 rings (SSSR count). The number of hydrogen-bond acceptors (Lipinski definition) is 5. The molecule has 2 heterocycles. The summed E-state index contributed by atoms with van der Waals surface area (Å²) in [5.41, 5.74) is 2.19. The molecule has 0 unspecified atom stereocenters. The van der Waals surface area contributed by atoms with Crippen LogP contribution in [0.15, 0.2) is 29.6 Å². The number of nitrogens with zero attached hydrogens (tertiary/aromatic N) is 3. The van der Waals surface area contributed by atoms with Gasteiger partial charge in [-0.2, -0.15) is 0 Å². The van der Waals surface area contributed by atoms with E-state index in [9.17, 15) is 5.11 Å². The van der Waals surface area contributed by atoms with Crippen molar-refractivity contribution in [2.45, 2.75) is 38.1 Å². The summed E-state index contributed by atoms with van der Waals surface area (Å²) in [4.78, 5) is 9.65. The lowest BCUT2D eigenvalue weighted by atomic mass is 10.1. The van der Waals surface area contributed by atoms with Crippen LogP contribution in [0.5, 0.6) is 5.75 Å². The standard InChI is InChI=1S/C19H25N3OS/c23-18-8-4-3-7-17(18)22-11-9-21(10-12-22)13-16-14-24-19(20-16)15-5-1-2-6-15/h3-4,7-8,14-15,23H,1-2,5-6,9-13H2. The molecule has 0 atom stereocenters. The van der Waals surface area contributed by atoms with Crippen LogP contribution < -0.4 is 4.90 Å². The van der Waals surface area contributed by atoms with Gasteiger partial charge in [-0.1, -0.05) is 25.0 Å². The molecule has 1 aromatic heterocycles. The number of aromatic nitrogens is 1. The Balaban J connectivity index is 1.32. The zero-order valence-corrected chi connectivity index (χ0v) is 14.8. The molecule has 1 aliphatic carbocycles. The number of benzene rings is 1. The van der Waals surface area contributed by atoms with E-state index in [-0.39, 0.29) is 0 Å². The summed E-state index contributed by atoms with van der Waals surface area (Å²) in [5.74, 6) is 1.10. The fraction of sp³-hybridized carbons (Fsp3) is 0.526. The van der Waals surface area contributed by atoms with E-state index in [0.717, 1.165) is 44.3 Å². The molecule has 1 aliphatic heterocycles. The molecular weight excluding hydrogens is 318 g/mol. The fourth-order valence-corrected chi connectivity index (χ4v) is 4.85. The number of piperazine rings is 1. The molecule has 1 N–H and O–H groups in total. The van der Waals surface area contributed by atoms with E-state index in [0.29, 0.717) is 5.75 Å². The number of rotatable bonds is 4. The molecule has 1 saturated heterocycles. The Morgan fingerprint density at radius 2 is 1.83 bits per heavy atom. The molecule has 5 heteroatoms. The molecular formula is C19H25N3OS. The average Bonchev–Trinajstić information content (AvgIpc) is 3.27. The van der Waals surface area contributed by atoms with E-state index in [2.05, 4.69) is 15.2 Å². The summed E-state index contributed by atoms with van der Waals surface area (Å²) in [6.07, 6.45) is 5.39. The van der Waals surface area contributed by atoms with Crippen molar-refractivity contribution in [2.24, 2.45) is 0 Å². The van der Waals surface area contributed by atoms with Gasteiger partial charge in [-0.15, -0.1) is 11.3 Å². The van der Waals surface area contributed by atoms with Crippen LogP contribution in [0.25, 0.3) is 0 Å². The van der Waals surface area contributed by atoms with Crippen molar-refractivity contribution in [1.82, 2.24) is 9.88 Å². The first-order valence-corrected chi connectivity index (χ1v) is 9.87. The summed E-state index contributed by atoms with van der Waals surface area (Å²) in [6, 6.07) is 7.63. The molecule has 1 aromatic carbocycles. The van der Waals surface area contributed by atoms with Crippen LogP contribution >= 0.6 is 11.3 Å². The molecule has 4 nitrogen and oxygen atoms in total. The van der Waals surface area contributed by atoms with Crippen LogP contribution in [0.4, 0.5) is 5.69 Å². The van der Waals surface area contributed by atoms with Gasteiger partial charge in [-0.05, 0) is 25.0 Å². The molecule has 0 spiro atoms. The van der Waals surface area contributed by atoms with Gasteiger partial charge in [0.2, 0.25) is 0 Å². The lowest BCUT2D eigenvalue weighted by Gasteiger charge is -2.36. The quantitative estimate of drug-likeness (QED) is 0.916. The highest BCUT2D eigenvalue weighted by Gasteiger charge is 2.22. The van der Waals surface area contributed by atoms with Crippen LogP contribution in [-0.4, -0.2) is 41.2 Å². The van der Waals surface area contributed by atoms with E-state index in [1.807, 2.05) is 29.5 Å². The number of thiazole rings is 1. The summed E-state index contributed by atoms with van der Waals surface area (Å²) >= 11 is 1.85. The molecule has 0 amide bonds. The van der Waals surface area contributed by atoms with E-state index in [4.69, 9.17) is 4.98 Å². The Labute approximate surface area is 147 Å². The Morgan fingerprint density at radius 1 is 1.08 bits per heavy atom. The van der Waals surface area contributed by atoms with Crippen molar-refractivity contribution < 1.29 is 5.11 Å². The van der Waals surface area contributed by atoms with Gasteiger partial charge in [0.25, 0.3) is 0 Å². The van der Waals surface area contributed by atoms with Crippen LogP contribution in [0.2, 0.25) is 0 Å². The second-order valence-corrected chi connectivity index (χ2v) is 7.80. The van der Waals surface area contributed by atoms with Gasteiger partial charge in [0, 0.05) is 44.0 Å². The predicted molar refractivity (Wildman–Crippen MR) is 98.9 cm³/mol. The van der Waals surface area contributed by atoms with Gasteiger partial charge in [0.1, 0.15) is 5.75 Å². The van der Waals surface area contributed by atoms with Crippen molar-refractivity contribution in [3.8, 4) is 5.75 Å². The maximum absolute atomic E-state index is 10.0. The molecule has 2 aliphatic rings. The number of para-hydroxylation sites is 2. The SMILES string of the molecule is Oc1ccccc1N1CCN(Cc2csc(C3CCCC3)n2)CC1. The lowest BCUT2D eigenvalue weighted by Crippen LogP contribution is -2.46. The van der Waals surface area contributed by atoms with Gasteiger partial charge in [0.15, 0.2) is 0 Å². The van der Waals surface area contributed by atoms with E-state index in [1.54, 1.807) is 6.07 Å². The largest absolute Gasteiger partial charge is 0.506 e. The Kier molecular flexibility index (Phi) is 4.72. The minimum atomic E-state index is 0.381. The molecule has 0 bridgehead atoms. The van der Waals surface area contributed by atoms with Crippen LogP contribution in [0.3, 0.4) is 0 Å². The lowest BCUT2D eigenvalue weighted by molar-refractivity contribution is 0.247. The highest BCUT2D eigenvalue weighted by Crippen LogP contribution is 2.35. The highest BCUT2D eigenvalue weighted by molar-refractivity contribution is 7.09. The normalized spacial score (nSPS) is 19.9. The molecule has 128 valence electrons. The van der Waals surface area contributed by atoms with Crippen molar-refractivity contribution in [3.05, 3.63) is 40.3 Å². The smallest absolute Gasteiger partial charge is 0.138 e. The van der Waals surface area contributed by atoms with Crippen molar-refractivity contribution >= 4 is 17.0 Å². The third kappa shape index (κ3) is 3.42. The van der Waals surface area contributed by atoms with Crippen molar-refractivity contribution in [2.75, 3.05) is 31.1 Å². The monoisotopic (exact) mass is 343 g/mol. The number of hydrogen-bond donors (Lipinski definition) is 1. The summed E-state index contributed by atoms with van der Waals surface area (Å²) < 4.78 is 0. The Morgan fingerprint density at radius 3 is 2.58 bits per heavy atom. The second-order valence-electron chi connectivity index (χ2n) is 6.91. The molecule has 1 saturated carbocycles. The summed E-state index contributed by atoms with van der Waals surface area (Å²) in [5, 5.41) is 13.6. The molecule has 24 heavy (non-hydrogen) atoms. The fourth-order valence-electron chi connectivity index (χ4n) is 3.86. The predicted octanol–water partition coefficient (Wildman–Crippen LogP) is 3.83. The van der Waals surface area contributed by atoms with Gasteiger partial charge in [-0.3, -0.25) is 4.90 Å². The maximum atomic E-state index is 10.0. The van der Waals surface area contributed by atoms with Gasteiger partial charge >= 0.3 is 0 Å². The summed E-state index contributed by atoms with van der Waals surface area (Å²) in [6.45, 7) is 4.90. The number of aromatic hydroxyl groups is 1. The topological polar surface area (TPSA) is 39.6 Å². The zero-order chi connectivity index (χ0) is 16.4. The van der Waals surface area contributed by atoms with Crippen LogP contribution in [0, 0.1) is 0 Å². The van der Waals surface area contributed by atoms with E-state index >= 15 is 0 Å². The van der Waals surface area contributed by atoms with Gasteiger partial charge in [0.05, 0.1) is 16.4 Å². The third-order valence-corrected chi connectivity index (χ3v) is 6.31. The minimum absolute atomic E-state index is 0.381. The number of anilines is 1. The second kappa shape index (κ2) is 7.11. The van der Waals surface area contributed by atoms with E-state index < -0.39 is 0 Å². The minimum Gasteiger partial charge on any atom is -0.506 e. The first-order chi connectivity index (χ1) is 11.8. The van der Waals surface area contributed by atoms with Crippen LogP contribution in [0.1, 0.15) is 42.3 Å². The molecule has 2 fully saturated rings. The van der Waals surface area contributed by atoms with Gasteiger partial charge < -0.3 is 10.0 Å². The Bertz CT molecular complexity index is 673. The van der Waals surface area contributed by atoms with Crippen molar-refractivity contribution in [3.63, 3.8) is 0 Å². The zero-order valence-electron chi connectivity index (χ0n) is 14.0. The third-order valence-electron chi connectivity index (χ3n) is 5.25. The average molecular weight is 343 g/mol. The number of phenols is 1. The Hall–Kier alpha value is -1.59. The first-order valence-electron chi connectivity index (χ1n) is 8.99. The molecule has 0 radical (unpaired) electrons. The highest BCUT2D eigenvalue weighted by atomic mass is 32.1. The molecule has 2 aromatic rings. The van der Waals surface area contributed by atoms with Crippen molar-refractivity contribution in [1.29, 1.82) is 0 Å². The van der Waals surface area contributed by atoms with Crippen LogP contribution in [-0.2, 0) is 6.54 Å². The number of phenolic OH excluding ortho intramolecular Hbond substituents is 1. The first kappa shape index (κ1) is 15.9.